The van der Waals surface area contributed by atoms with E-state index in [2.05, 4.69) is 25.7 Å². The maximum Gasteiger partial charge on any atom is 0.320 e. The van der Waals surface area contributed by atoms with E-state index >= 15 is 0 Å². The Hall–Kier alpha value is -0.570. The van der Waals surface area contributed by atoms with E-state index in [-0.39, 0.29) is 11.5 Å². The number of rotatable bonds is 2. The number of carbonyl (C=O) groups is 1. The predicted octanol–water partition coefficient (Wildman–Crippen LogP) is 1.58. The Morgan fingerprint density at radius 3 is 2.62 bits per heavy atom. The summed E-state index contributed by atoms with van der Waals surface area (Å²) in [5, 5.41) is 8.94. The molecule has 0 aromatic carbocycles. The second-order valence-electron chi connectivity index (χ2n) is 5.03. The summed E-state index contributed by atoms with van der Waals surface area (Å²) in [4.78, 5) is 12.9. The van der Waals surface area contributed by atoms with E-state index in [1.54, 1.807) is 0 Å². The van der Waals surface area contributed by atoms with Crippen LogP contribution in [0.3, 0.4) is 0 Å². The highest BCUT2D eigenvalue weighted by Gasteiger charge is 2.32. The van der Waals surface area contributed by atoms with Crippen LogP contribution in [0.1, 0.15) is 33.6 Å². The summed E-state index contributed by atoms with van der Waals surface area (Å²) in [5.41, 5.74) is 0.192. The average Bonchev–Trinajstić information content (AvgIpc) is 2.31. The van der Waals surface area contributed by atoms with Crippen LogP contribution in [-0.2, 0) is 4.79 Å². The van der Waals surface area contributed by atoms with Gasteiger partial charge in [-0.05, 0) is 24.8 Å². The first-order chi connectivity index (χ1) is 5.90. The van der Waals surface area contributed by atoms with Gasteiger partial charge in [0.25, 0.3) is 0 Å². The van der Waals surface area contributed by atoms with Crippen LogP contribution in [0.25, 0.3) is 0 Å². The highest BCUT2D eigenvalue weighted by atomic mass is 16.4. The van der Waals surface area contributed by atoms with Crippen LogP contribution in [0.5, 0.6) is 0 Å². The van der Waals surface area contributed by atoms with Crippen LogP contribution in [0.2, 0.25) is 0 Å². The normalized spacial score (nSPS) is 25.0. The molecule has 3 nitrogen and oxygen atoms in total. The van der Waals surface area contributed by atoms with Crippen molar-refractivity contribution in [3.63, 3.8) is 0 Å². The summed E-state index contributed by atoms with van der Waals surface area (Å²) >= 11 is 0. The Labute approximate surface area is 79.7 Å². The molecule has 0 saturated carbocycles. The van der Waals surface area contributed by atoms with Gasteiger partial charge in [-0.1, -0.05) is 20.8 Å². The molecule has 0 aromatic rings. The first-order valence-corrected chi connectivity index (χ1v) is 4.87. The van der Waals surface area contributed by atoms with Crippen LogP contribution in [-0.4, -0.2) is 35.1 Å². The molecule has 0 amide bonds. The topological polar surface area (TPSA) is 40.5 Å². The number of hydrogen-bond acceptors (Lipinski definition) is 2. The lowest BCUT2D eigenvalue weighted by molar-refractivity contribution is -0.142. The smallest absolute Gasteiger partial charge is 0.320 e. The molecule has 0 aliphatic carbocycles. The second kappa shape index (κ2) is 3.66. The lowest BCUT2D eigenvalue weighted by atomic mass is 9.96. The van der Waals surface area contributed by atoms with Gasteiger partial charge < -0.3 is 5.11 Å². The molecular weight excluding hydrogens is 166 g/mol. The minimum absolute atomic E-state index is 0.192. The third kappa shape index (κ3) is 2.99. The standard InChI is InChI=1S/C10H19NO2/c1-10(2,3)7-11-6-4-5-8(11)9(12)13/h8H,4-7H2,1-3H3,(H,12,13)/t8-/m1/s1. The van der Waals surface area contributed by atoms with Gasteiger partial charge in [0.15, 0.2) is 0 Å². The van der Waals surface area contributed by atoms with Crippen molar-refractivity contribution in [1.82, 2.24) is 4.90 Å². The zero-order valence-electron chi connectivity index (χ0n) is 8.71. The molecule has 13 heavy (non-hydrogen) atoms. The molecule has 1 aliphatic heterocycles. The monoisotopic (exact) mass is 185 g/mol. The van der Waals surface area contributed by atoms with Gasteiger partial charge in [-0.15, -0.1) is 0 Å². The third-order valence-corrected chi connectivity index (χ3v) is 2.33. The van der Waals surface area contributed by atoms with Crippen molar-refractivity contribution >= 4 is 5.97 Å². The fourth-order valence-corrected chi connectivity index (χ4v) is 1.90. The maximum absolute atomic E-state index is 10.9. The fourth-order valence-electron chi connectivity index (χ4n) is 1.90. The zero-order chi connectivity index (χ0) is 10.1. The minimum atomic E-state index is -0.665. The Kier molecular flexibility index (Phi) is 2.96. The zero-order valence-corrected chi connectivity index (χ0v) is 8.71. The fraction of sp³-hybridized carbons (Fsp3) is 0.900. The predicted molar refractivity (Wildman–Crippen MR) is 51.7 cm³/mol. The summed E-state index contributed by atoms with van der Waals surface area (Å²) in [7, 11) is 0. The second-order valence-corrected chi connectivity index (χ2v) is 5.03. The quantitative estimate of drug-likeness (QED) is 0.710. The van der Waals surface area contributed by atoms with Crippen molar-refractivity contribution in [1.29, 1.82) is 0 Å². The summed E-state index contributed by atoms with van der Waals surface area (Å²) in [6.07, 6.45) is 1.83. The van der Waals surface area contributed by atoms with Crippen molar-refractivity contribution < 1.29 is 9.90 Å². The van der Waals surface area contributed by atoms with Crippen molar-refractivity contribution in [3.8, 4) is 0 Å². The summed E-state index contributed by atoms with van der Waals surface area (Å²) < 4.78 is 0. The number of nitrogens with zero attached hydrogens (tertiary/aromatic N) is 1. The molecule has 1 atom stereocenters. The molecular formula is C10H19NO2. The van der Waals surface area contributed by atoms with E-state index in [0.29, 0.717) is 0 Å². The first-order valence-electron chi connectivity index (χ1n) is 4.87. The van der Waals surface area contributed by atoms with Crippen LogP contribution in [0.15, 0.2) is 0 Å². The van der Waals surface area contributed by atoms with Crippen molar-refractivity contribution in [3.05, 3.63) is 0 Å². The molecule has 1 fully saturated rings. The molecule has 1 N–H and O–H groups in total. The largest absolute Gasteiger partial charge is 0.480 e. The van der Waals surface area contributed by atoms with Gasteiger partial charge in [0, 0.05) is 6.54 Å². The van der Waals surface area contributed by atoms with E-state index in [1.807, 2.05) is 0 Å². The van der Waals surface area contributed by atoms with Crippen LogP contribution < -0.4 is 0 Å². The van der Waals surface area contributed by atoms with E-state index in [0.717, 1.165) is 25.9 Å². The lowest BCUT2D eigenvalue weighted by Gasteiger charge is -2.29. The molecule has 1 saturated heterocycles. The van der Waals surface area contributed by atoms with Gasteiger partial charge in [0.2, 0.25) is 0 Å². The van der Waals surface area contributed by atoms with Gasteiger partial charge in [-0.25, -0.2) is 0 Å². The molecule has 0 unspecified atom stereocenters. The highest BCUT2D eigenvalue weighted by molar-refractivity contribution is 5.73. The van der Waals surface area contributed by atoms with E-state index < -0.39 is 5.97 Å². The highest BCUT2D eigenvalue weighted by Crippen LogP contribution is 2.23. The first kappa shape index (κ1) is 10.5. The SMILES string of the molecule is CC(C)(C)CN1CCC[C@@H]1C(=O)O. The summed E-state index contributed by atoms with van der Waals surface area (Å²) in [6, 6.07) is -0.237. The maximum atomic E-state index is 10.9. The minimum Gasteiger partial charge on any atom is -0.480 e. The molecule has 0 spiro atoms. The van der Waals surface area contributed by atoms with E-state index in [9.17, 15) is 4.79 Å². The lowest BCUT2D eigenvalue weighted by Crippen LogP contribution is -2.40. The molecule has 1 heterocycles. The summed E-state index contributed by atoms with van der Waals surface area (Å²) in [6.45, 7) is 8.25. The van der Waals surface area contributed by atoms with Crippen molar-refractivity contribution in [2.75, 3.05) is 13.1 Å². The van der Waals surface area contributed by atoms with Crippen LogP contribution in [0, 0.1) is 5.41 Å². The Morgan fingerprint density at radius 1 is 1.54 bits per heavy atom. The molecule has 0 bridgehead atoms. The third-order valence-electron chi connectivity index (χ3n) is 2.33. The van der Waals surface area contributed by atoms with E-state index in [4.69, 9.17) is 5.11 Å². The van der Waals surface area contributed by atoms with Gasteiger partial charge in [0.05, 0.1) is 0 Å². The Morgan fingerprint density at radius 2 is 2.15 bits per heavy atom. The Balaban J connectivity index is 2.54. The number of carboxylic acid groups (broad SMARTS) is 1. The molecule has 0 radical (unpaired) electrons. The van der Waals surface area contributed by atoms with Gasteiger partial charge >= 0.3 is 5.97 Å². The molecule has 3 heteroatoms. The van der Waals surface area contributed by atoms with Gasteiger partial charge in [0.1, 0.15) is 6.04 Å². The molecule has 1 rings (SSSR count). The number of likely N-dealkylation sites (tertiary alicyclic amines) is 1. The van der Waals surface area contributed by atoms with Crippen molar-refractivity contribution in [2.45, 2.75) is 39.7 Å². The number of carboxylic acids is 1. The van der Waals surface area contributed by atoms with Crippen LogP contribution in [0.4, 0.5) is 0 Å². The molecule has 1 aliphatic rings. The van der Waals surface area contributed by atoms with Crippen LogP contribution >= 0.6 is 0 Å². The van der Waals surface area contributed by atoms with E-state index in [1.165, 1.54) is 0 Å². The summed E-state index contributed by atoms with van der Waals surface area (Å²) in [5.74, 6) is -0.665. The van der Waals surface area contributed by atoms with Gasteiger partial charge in [-0.2, -0.15) is 0 Å². The molecule has 0 aromatic heterocycles. The molecule has 76 valence electrons. The van der Waals surface area contributed by atoms with Crippen molar-refractivity contribution in [2.24, 2.45) is 5.41 Å². The van der Waals surface area contributed by atoms with Gasteiger partial charge in [-0.3, -0.25) is 9.69 Å². The average molecular weight is 185 g/mol. The number of hydrogen-bond donors (Lipinski definition) is 1. The Bertz CT molecular complexity index is 196. The number of aliphatic carboxylic acids is 1.